The van der Waals surface area contributed by atoms with E-state index >= 15 is 0 Å². The molecule has 0 radical (unpaired) electrons. The minimum absolute atomic E-state index is 0.292. The van der Waals surface area contributed by atoms with E-state index in [-0.39, 0.29) is 0 Å². The molecule has 2 heteroatoms. The molecule has 0 spiro atoms. The van der Waals surface area contributed by atoms with Gasteiger partial charge < -0.3 is 0 Å². The van der Waals surface area contributed by atoms with Crippen molar-refractivity contribution in [3.63, 3.8) is 0 Å². The van der Waals surface area contributed by atoms with Gasteiger partial charge in [0.15, 0.2) is 0 Å². The molecule has 0 N–H and O–H groups in total. The average molecular weight is 149 g/mol. The molecule has 0 aliphatic rings. The first-order chi connectivity index (χ1) is 5.38. The summed E-state index contributed by atoms with van der Waals surface area (Å²) in [6.07, 6.45) is 0.292. The smallest absolute Gasteiger partial charge is 0.115 e. The van der Waals surface area contributed by atoms with E-state index in [9.17, 15) is 4.39 Å². The van der Waals surface area contributed by atoms with Crippen LogP contribution in [0.4, 0.5) is 4.39 Å². The molecule has 0 saturated carbocycles. The van der Waals surface area contributed by atoms with Crippen molar-refractivity contribution in [2.75, 3.05) is 0 Å². The molecular weight excluding hydrogens is 141 g/mol. The van der Waals surface area contributed by atoms with Gasteiger partial charge in [-0.3, -0.25) is 0 Å². The van der Waals surface area contributed by atoms with Crippen LogP contribution < -0.4 is 0 Å². The average Bonchev–Trinajstić information content (AvgIpc) is 2.06. The van der Waals surface area contributed by atoms with Gasteiger partial charge in [0.2, 0.25) is 0 Å². The number of alkyl halides is 1. The van der Waals surface area contributed by atoms with Crippen molar-refractivity contribution in [2.24, 2.45) is 0 Å². The van der Waals surface area contributed by atoms with Gasteiger partial charge in [-0.05, 0) is 11.1 Å². The SMILES string of the molecule is N#CCc1ccccc1CF. The molecule has 1 aromatic carbocycles. The highest BCUT2D eigenvalue weighted by atomic mass is 19.1. The Morgan fingerprint density at radius 1 is 1.27 bits per heavy atom. The number of nitrogens with zero attached hydrogens (tertiary/aromatic N) is 1. The first-order valence-corrected chi connectivity index (χ1v) is 3.38. The maximum atomic E-state index is 12.2. The molecule has 0 saturated heterocycles. The molecule has 0 fully saturated rings. The third-order valence-electron chi connectivity index (χ3n) is 1.53. The molecule has 0 bridgehead atoms. The Morgan fingerprint density at radius 3 is 2.45 bits per heavy atom. The Hall–Kier alpha value is -1.36. The maximum Gasteiger partial charge on any atom is 0.115 e. The molecule has 1 aromatic rings. The molecule has 0 atom stereocenters. The predicted molar refractivity (Wildman–Crippen MR) is 40.6 cm³/mol. The Labute approximate surface area is 65.1 Å². The predicted octanol–water partition coefficient (Wildman–Crippen LogP) is 2.22. The topological polar surface area (TPSA) is 23.8 Å². The third-order valence-corrected chi connectivity index (χ3v) is 1.53. The van der Waals surface area contributed by atoms with Gasteiger partial charge in [-0.2, -0.15) is 5.26 Å². The standard InChI is InChI=1S/C9H8FN/c10-7-9-4-2-1-3-8(9)5-6-11/h1-4H,5,7H2. The fraction of sp³-hybridized carbons (Fsp3) is 0.222. The lowest BCUT2D eigenvalue weighted by Crippen LogP contribution is -1.88. The zero-order valence-corrected chi connectivity index (χ0v) is 6.05. The molecule has 56 valence electrons. The minimum Gasteiger partial charge on any atom is -0.246 e. The molecule has 0 unspecified atom stereocenters. The minimum atomic E-state index is -0.488. The molecule has 1 rings (SSSR count). The van der Waals surface area contributed by atoms with E-state index < -0.39 is 6.67 Å². The Morgan fingerprint density at radius 2 is 1.91 bits per heavy atom. The van der Waals surface area contributed by atoms with Crippen molar-refractivity contribution in [3.8, 4) is 6.07 Å². The maximum absolute atomic E-state index is 12.2. The van der Waals surface area contributed by atoms with E-state index in [0.717, 1.165) is 5.56 Å². The van der Waals surface area contributed by atoms with Crippen molar-refractivity contribution in [1.29, 1.82) is 5.26 Å². The number of nitriles is 1. The van der Waals surface area contributed by atoms with Crippen LogP contribution in [0.15, 0.2) is 24.3 Å². The van der Waals surface area contributed by atoms with Crippen molar-refractivity contribution >= 4 is 0 Å². The van der Waals surface area contributed by atoms with Gasteiger partial charge in [-0.1, -0.05) is 24.3 Å². The molecule has 0 aliphatic carbocycles. The van der Waals surface area contributed by atoms with E-state index in [2.05, 4.69) is 0 Å². The van der Waals surface area contributed by atoms with Gasteiger partial charge in [0.05, 0.1) is 12.5 Å². The zero-order chi connectivity index (χ0) is 8.10. The van der Waals surface area contributed by atoms with E-state index in [4.69, 9.17) is 5.26 Å². The van der Waals surface area contributed by atoms with Gasteiger partial charge in [-0.15, -0.1) is 0 Å². The molecular formula is C9H8FN. The van der Waals surface area contributed by atoms with Crippen LogP contribution in [0.25, 0.3) is 0 Å². The number of hydrogen-bond acceptors (Lipinski definition) is 1. The molecule has 0 aliphatic heterocycles. The third kappa shape index (κ3) is 1.78. The number of benzene rings is 1. The monoisotopic (exact) mass is 149 g/mol. The van der Waals surface area contributed by atoms with Crippen molar-refractivity contribution in [3.05, 3.63) is 35.4 Å². The van der Waals surface area contributed by atoms with Gasteiger partial charge in [0.1, 0.15) is 6.67 Å². The summed E-state index contributed by atoms with van der Waals surface area (Å²) in [4.78, 5) is 0. The first kappa shape index (κ1) is 7.74. The summed E-state index contributed by atoms with van der Waals surface area (Å²) in [6, 6.07) is 9.05. The van der Waals surface area contributed by atoms with Crippen LogP contribution >= 0.6 is 0 Å². The summed E-state index contributed by atoms with van der Waals surface area (Å²) >= 11 is 0. The van der Waals surface area contributed by atoms with Gasteiger partial charge in [0.25, 0.3) is 0 Å². The van der Waals surface area contributed by atoms with Crippen LogP contribution in [0, 0.1) is 11.3 Å². The number of hydrogen-bond donors (Lipinski definition) is 0. The van der Waals surface area contributed by atoms with Gasteiger partial charge in [0, 0.05) is 0 Å². The fourth-order valence-corrected chi connectivity index (χ4v) is 0.945. The van der Waals surface area contributed by atoms with Crippen LogP contribution in [0.2, 0.25) is 0 Å². The summed E-state index contributed by atoms with van der Waals surface area (Å²) in [6.45, 7) is -0.488. The lowest BCUT2D eigenvalue weighted by Gasteiger charge is -1.99. The summed E-state index contributed by atoms with van der Waals surface area (Å²) in [5.41, 5.74) is 1.41. The van der Waals surface area contributed by atoms with E-state index in [0.29, 0.717) is 12.0 Å². The molecule has 0 aromatic heterocycles. The normalized spacial score (nSPS) is 9.09. The highest BCUT2D eigenvalue weighted by molar-refractivity contribution is 5.28. The lowest BCUT2D eigenvalue weighted by atomic mass is 10.1. The van der Waals surface area contributed by atoms with Crippen molar-refractivity contribution < 1.29 is 4.39 Å². The summed E-state index contributed by atoms with van der Waals surface area (Å²) in [7, 11) is 0. The first-order valence-electron chi connectivity index (χ1n) is 3.38. The van der Waals surface area contributed by atoms with Gasteiger partial charge in [-0.25, -0.2) is 4.39 Å². The van der Waals surface area contributed by atoms with E-state index in [1.54, 1.807) is 18.2 Å². The fourth-order valence-electron chi connectivity index (χ4n) is 0.945. The number of rotatable bonds is 2. The van der Waals surface area contributed by atoms with E-state index in [1.807, 2.05) is 12.1 Å². The second-order valence-corrected chi connectivity index (χ2v) is 2.24. The highest BCUT2D eigenvalue weighted by Crippen LogP contribution is 2.09. The van der Waals surface area contributed by atoms with Crippen LogP contribution in [0.5, 0.6) is 0 Å². The van der Waals surface area contributed by atoms with Gasteiger partial charge >= 0.3 is 0 Å². The largest absolute Gasteiger partial charge is 0.246 e. The summed E-state index contributed by atoms with van der Waals surface area (Å²) in [5.74, 6) is 0. The quantitative estimate of drug-likeness (QED) is 0.632. The highest BCUT2D eigenvalue weighted by Gasteiger charge is 1.98. The van der Waals surface area contributed by atoms with Crippen molar-refractivity contribution in [1.82, 2.24) is 0 Å². The zero-order valence-electron chi connectivity index (χ0n) is 6.05. The Balaban J connectivity index is 2.94. The second-order valence-electron chi connectivity index (χ2n) is 2.24. The van der Waals surface area contributed by atoms with Crippen LogP contribution in [-0.4, -0.2) is 0 Å². The lowest BCUT2D eigenvalue weighted by molar-refractivity contribution is 0.483. The Bertz CT molecular complexity index is 275. The molecule has 11 heavy (non-hydrogen) atoms. The second kappa shape index (κ2) is 3.72. The summed E-state index contributed by atoms with van der Waals surface area (Å²) in [5, 5.41) is 8.37. The Kier molecular flexibility index (Phi) is 2.62. The van der Waals surface area contributed by atoms with Crippen LogP contribution in [-0.2, 0) is 13.1 Å². The summed E-state index contributed by atoms with van der Waals surface area (Å²) < 4.78 is 12.2. The molecule has 1 nitrogen and oxygen atoms in total. The van der Waals surface area contributed by atoms with E-state index in [1.165, 1.54) is 0 Å². The van der Waals surface area contributed by atoms with Crippen LogP contribution in [0.3, 0.4) is 0 Å². The van der Waals surface area contributed by atoms with Crippen molar-refractivity contribution in [2.45, 2.75) is 13.1 Å². The number of halogens is 1. The molecule has 0 amide bonds. The molecule has 0 heterocycles. The van der Waals surface area contributed by atoms with Crippen LogP contribution in [0.1, 0.15) is 11.1 Å².